The van der Waals surface area contributed by atoms with Gasteiger partial charge in [0.1, 0.15) is 0 Å². The van der Waals surface area contributed by atoms with Gasteiger partial charge in [0.2, 0.25) is 0 Å². The van der Waals surface area contributed by atoms with E-state index in [-0.39, 0.29) is 0 Å². The summed E-state index contributed by atoms with van der Waals surface area (Å²) >= 11 is 0. The van der Waals surface area contributed by atoms with E-state index in [2.05, 4.69) is 26.0 Å². The first-order valence-corrected chi connectivity index (χ1v) is 4.11. The van der Waals surface area contributed by atoms with Crippen molar-refractivity contribution in [2.75, 3.05) is 0 Å². The highest BCUT2D eigenvalue weighted by Gasteiger charge is 2.09. The molecule has 0 bridgehead atoms. The molecule has 0 amide bonds. The Morgan fingerprint density at radius 2 is 2.30 bits per heavy atom. The van der Waals surface area contributed by atoms with Crippen LogP contribution in [0.2, 0.25) is 0 Å². The summed E-state index contributed by atoms with van der Waals surface area (Å²) < 4.78 is 5.60. The van der Waals surface area contributed by atoms with Crippen molar-refractivity contribution in [3.63, 3.8) is 0 Å². The van der Waals surface area contributed by atoms with Crippen LogP contribution in [0.15, 0.2) is 12.2 Å². The number of allylic oxidation sites excluding steroid dienone is 1. The Bertz CT molecular complexity index is 116. The summed E-state index contributed by atoms with van der Waals surface area (Å²) in [6, 6.07) is 0. The van der Waals surface area contributed by atoms with Crippen LogP contribution in [0.4, 0.5) is 0 Å². The second-order valence-corrected chi connectivity index (χ2v) is 3.08. The van der Waals surface area contributed by atoms with Crippen LogP contribution in [-0.4, -0.2) is 12.2 Å². The Hall–Kier alpha value is -0.300. The normalized spacial score (nSPS) is 25.7. The molecule has 1 nitrogen and oxygen atoms in total. The molecule has 58 valence electrons. The molecule has 0 aliphatic heterocycles. The standard InChI is InChI=1S/C9H16O/c1-8(2)10-9-6-4-3-5-7-9/h4,6,8-9H,3,5,7H2,1-2H3/t9-/m1/s1. The lowest BCUT2D eigenvalue weighted by Crippen LogP contribution is -2.16. The maximum atomic E-state index is 5.60. The highest BCUT2D eigenvalue weighted by Crippen LogP contribution is 2.14. The third-order valence-electron chi connectivity index (χ3n) is 1.66. The maximum absolute atomic E-state index is 5.60. The Kier molecular flexibility index (Phi) is 2.94. The molecule has 0 heterocycles. The van der Waals surface area contributed by atoms with Crippen LogP contribution in [0, 0.1) is 0 Å². The molecule has 0 N–H and O–H groups in total. The molecule has 0 spiro atoms. The summed E-state index contributed by atoms with van der Waals surface area (Å²) in [4.78, 5) is 0. The van der Waals surface area contributed by atoms with Crippen molar-refractivity contribution in [3.05, 3.63) is 12.2 Å². The van der Waals surface area contributed by atoms with E-state index in [1.807, 2.05) is 0 Å². The minimum atomic E-state index is 0.368. The molecular formula is C9H16O. The summed E-state index contributed by atoms with van der Waals surface area (Å²) in [7, 11) is 0. The molecule has 0 aromatic heterocycles. The monoisotopic (exact) mass is 140 g/mol. The van der Waals surface area contributed by atoms with Gasteiger partial charge in [-0.15, -0.1) is 0 Å². The van der Waals surface area contributed by atoms with Crippen molar-refractivity contribution in [3.8, 4) is 0 Å². The van der Waals surface area contributed by atoms with Crippen LogP contribution in [0.25, 0.3) is 0 Å². The van der Waals surface area contributed by atoms with Crippen LogP contribution in [0.5, 0.6) is 0 Å². The second kappa shape index (κ2) is 3.77. The van der Waals surface area contributed by atoms with Crippen molar-refractivity contribution >= 4 is 0 Å². The Morgan fingerprint density at radius 1 is 1.50 bits per heavy atom. The zero-order valence-corrected chi connectivity index (χ0v) is 6.84. The van der Waals surface area contributed by atoms with Crippen LogP contribution in [0.3, 0.4) is 0 Å². The van der Waals surface area contributed by atoms with Gasteiger partial charge in [0.15, 0.2) is 0 Å². The number of rotatable bonds is 2. The molecule has 10 heavy (non-hydrogen) atoms. The van der Waals surface area contributed by atoms with Gasteiger partial charge in [0, 0.05) is 0 Å². The first kappa shape index (κ1) is 7.80. The van der Waals surface area contributed by atoms with E-state index in [1.54, 1.807) is 0 Å². The van der Waals surface area contributed by atoms with Crippen molar-refractivity contribution in [1.29, 1.82) is 0 Å². The lowest BCUT2D eigenvalue weighted by atomic mass is 10.1. The molecule has 1 rings (SSSR count). The summed E-state index contributed by atoms with van der Waals surface area (Å²) in [5.74, 6) is 0. The van der Waals surface area contributed by atoms with Gasteiger partial charge in [-0.05, 0) is 33.1 Å². The quantitative estimate of drug-likeness (QED) is 0.535. The van der Waals surface area contributed by atoms with Gasteiger partial charge in [-0.25, -0.2) is 0 Å². The van der Waals surface area contributed by atoms with E-state index < -0.39 is 0 Å². The SMILES string of the molecule is CC(C)O[C@@H]1C=CCCC1. The van der Waals surface area contributed by atoms with Gasteiger partial charge >= 0.3 is 0 Å². The lowest BCUT2D eigenvalue weighted by Gasteiger charge is -2.19. The average Bonchev–Trinajstić information content (AvgIpc) is 1.88. The molecule has 0 aromatic carbocycles. The zero-order valence-electron chi connectivity index (χ0n) is 6.84. The number of hydrogen-bond donors (Lipinski definition) is 0. The first-order valence-electron chi connectivity index (χ1n) is 4.11. The largest absolute Gasteiger partial charge is 0.372 e. The van der Waals surface area contributed by atoms with Crippen LogP contribution < -0.4 is 0 Å². The highest BCUT2D eigenvalue weighted by atomic mass is 16.5. The van der Waals surface area contributed by atoms with E-state index in [0.29, 0.717) is 12.2 Å². The van der Waals surface area contributed by atoms with Gasteiger partial charge < -0.3 is 4.74 Å². The molecule has 1 heteroatoms. The van der Waals surface area contributed by atoms with Gasteiger partial charge in [-0.2, -0.15) is 0 Å². The summed E-state index contributed by atoms with van der Waals surface area (Å²) in [6.07, 6.45) is 8.89. The molecule has 0 saturated heterocycles. The van der Waals surface area contributed by atoms with Gasteiger partial charge in [-0.3, -0.25) is 0 Å². The van der Waals surface area contributed by atoms with Crippen molar-refractivity contribution in [2.24, 2.45) is 0 Å². The molecule has 1 atom stereocenters. The van der Waals surface area contributed by atoms with Crippen LogP contribution in [0.1, 0.15) is 33.1 Å². The smallest absolute Gasteiger partial charge is 0.0759 e. The van der Waals surface area contributed by atoms with E-state index in [9.17, 15) is 0 Å². The van der Waals surface area contributed by atoms with E-state index in [4.69, 9.17) is 4.74 Å². The van der Waals surface area contributed by atoms with Gasteiger partial charge in [0.05, 0.1) is 12.2 Å². The predicted octanol–water partition coefficient (Wildman–Crippen LogP) is 2.52. The van der Waals surface area contributed by atoms with E-state index in [1.165, 1.54) is 19.3 Å². The third-order valence-corrected chi connectivity index (χ3v) is 1.66. The minimum absolute atomic E-state index is 0.368. The second-order valence-electron chi connectivity index (χ2n) is 3.08. The van der Waals surface area contributed by atoms with Crippen molar-refractivity contribution in [2.45, 2.75) is 45.3 Å². The van der Waals surface area contributed by atoms with Crippen molar-refractivity contribution in [1.82, 2.24) is 0 Å². The Morgan fingerprint density at radius 3 is 2.80 bits per heavy atom. The number of hydrogen-bond acceptors (Lipinski definition) is 1. The minimum Gasteiger partial charge on any atom is -0.372 e. The van der Waals surface area contributed by atoms with Crippen molar-refractivity contribution < 1.29 is 4.74 Å². The summed E-state index contributed by atoms with van der Waals surface area (Å²) in [5, 5.41) is 0. The molecule has 1 aliphatic rings. The molecule has 0 saturated carbocycles. The highest BCUT2D eigenvalue weighted by molar-refractivity contribution is 4.94. The zero-order chi connectivity index (χ0) is 7.40. The van der Waals surface area contributed by atoms with E-state index in [0.717, 1.165) is 0 Å². The Balaban J connectivity index is 2.26. The van der Waals surface area contributed by atoms with Gasteiger partial charge in [0.25, 0.3) is 0 Å². The topological polar surface area (TPSA) is 9.23 Å². The predicted molar refractivity (Wildman–Crippen MR) is 43.0 cm³/mol. The fraction of sp³-hybridized carbons (Fsp3) is 0.778. The Labute approximate surface area is 63.1 Å². The van der Waals surface area contributed by atoms with Gasteiger partial charge in [-0.1, -0.05) is 12.2 Å². The number of ether oxygens (including phenoxy) is 1. The average molecular weight is 140 g/mol. The van der Waals surface area contributed by atoms with Crippen LogP contribution >= 0.6 is 0 Å². The summed E-state index contributed by atoms with van der Waals surface area (Å²) in [5.41, 5.74) is 0. The lowest BCUT2D eigenvalue weighted by molar-refractivity contribution is 0.0279. The fourth-order valence-corrected chi connectivity index (χ4v) is 1.24. The molecule has 0 radical (unpaired) electrons. The molecule has 0 unspecified atom stereocenters. The summed E-state index contributed by atoms with van der Waals surface area (Å²) in [6.45, 7) is 4.17. The molecule has 0 fully saturated rings. The fourth-order valence-electron chi connectivity index (χ4n) is 1.24. The molecule has 1 aliphatic carbocycles. The molecule has 0 aromatic rings. The molecular weight excluding hydrogens is 124 g/mol. The van der Waals surface area contributed by atoms with E-state index >= 15 is 0 Å². The maximum Gasteiger partial charge on any atom is 0.0759 e. The van der Waals surface area contributed by atoms with Crippen LogP contribution in [-0.2, 0) is 4.74 Å². The first-order chi connectivity index (χ1) is 4.79. The third kappa shape index (κ3) is 2.53.